The van der Waals surface area contributed by atoms with Crippen molar-refractivity contribution in [1.82, 2.24) is 9.78 Å². The monoisotopic (exact) mass is 451 g/mol. The van der Waals surface area contributed by atoms with Crippen molar-refractivity contribution in [2.24, 2.45) is 0 Å². The maximum Gasteiger partial charge on any atom is 0.416 e. The number of anilines is 1. The summed E-state index contributed by atoms with van der Waals surface area (Å²) in [6, 6.07) is 12.0. The Hall–Kier alpha value is -3.47. The number of hydrogen-bond donors (Lipinski definition) is 1. The van der Waals surface area contributed by atoms with Crippen LogP contribution in [0, 0.1) is 6.92 Å². The third kappa shape index (κ3) is 5.18. The van der Waals surface area contributed by atoms with Crippen LogP contribution in [0.1, 0.15) is 11.1 Å². The van der Waals surface area contributed by atoms with Crippen molar-refractivity contribution < 1.29 is 26.4 Å². The number of benzene rings is 2. The molecule has 0 radical (unpaired) electrons. The van der Waals surface area contributed by atoms with Crippen LogP contribution in [0.25, 0.3) is 0 Å². The van der Waals surface area contributed by atoms with E-state index in [1.165, 1.54) is 18.2 Å². The summed E-state index contributed by atoms with van der Waals surface area (Å²) in [5.41, 5.74) is -1.12. The van der Waals surface area contributed by atoms with Gasteiger partial charge in [0.05, 0.1) is 10.5 Å². The number of sulfone groups is 1. The second-order valence-electron chi connectivity index (χ2n) is 6.61. The SMILES string of the molecule is Cc1cccc(S(=O)(=O)c2ccc(=O)n(CC(=O)Nc3cccc(C(F)(F)F)c3)n2)c1. The van der Waals surface area contributed by atoms with Gasteiger partial charge in [0.15, 0.2) is 5.03 Å². The first-order valence-corrected chi connectivity index (χ1v) is 10.3. The van der Waals surface area contributed by atoms with E-state index in [0.717, 1.165) is 30.3 Å². The molecular formula is C20H16F3N3O4S. The molecule has 0 spiro atoms. The molecule has 3 rings (SSSR count). The Labute approximate surface area is 175 Å². The molecule has 1 aromatic heterocycles. The lowest BCUT2D eigenvalue weighted by Crippen LogP contribution is -2.30. The number of carbonyl (C=O) groups excluding carboxylic acids is 1. The van der Waals surface area contributed by atoms with Crippen molar-refractivity contribution in [3.8, 4) is 0 Å². The van der Waals surface area contributed by atoms with Gasteiger partial charge in [-0.05, 0) is 48.9 Å². The van der Waals surface area contributed by atoms with E-state index in [1.54, 1.807) is 19.1 Å². The smallest absolute Gasteiger partial charge is 0.324 e. The molecule has 3 aromatic rings. The Bertz CT molecular complexity index is 1300. The highest BCUT2D eigenvalue weighted by atomic mass is 32.2. The van der Waals surface area contributed by atoms with Gasteiger partial charge in [0, 0.05) is 11.8 Å². The van der Waals surface area contributed by atoms with Gasteiger partial charge in [0.1, 0.15) is 6.54 Å². The number of nitrogens with one attached hydrogen (secondary N) is 1. The highest BCUT2D eigenvalue weighted by Gasteiger charge is 2.30. The first kappa shape index (κ1) is 22.2. The molecule has 0 fully saturated rings. The molecule has 0 aliphatic heterocycles. The van der Waals surface area contributed by atoms with Gasteiger partial charge in [0.2, 0.25) is 15.7 Å². The minimum atomic E-state index is -4.59. The van der Waals surface area contributed by atoms with Crippen LogP contribution in [0.4, 0.5) is 18.9 Å². The molecule has 0 saturated carbocycles. The van der Waals surface area contributed by atoms with E-state index in [-0.39, 0.29) is 10.6 Å². The van der Waals surface area contributed by atoms with Gasteiger partial charge in [-0.3, -0.25) is 9.59 Å². The normalized spacial score (nSPS) is 11.9. The molecule has 1 amide bonds. The average molecular weight is 451 g/mol. The molecule has 7 nitrogen and oxygen atoms in total. The molecule has 0 aliphatic rings. The van der Waals surface area contributed by atoms with Crippen molar-refractivity contribution in [2.45, 2.75) is 29.6 Å². The minimum absolute atomic E-state index is 0.0291. The van der Waals surface area contributed by atoms with E-state index in [1.807, 2.05) is 0 Å². The summed E-state index contributed by atoms with van der Waals surface area (Å²) in [6.07, 6.45) is -4.59. The molecular weight excluding hydrogens is 435 g/mol. The molecule has 162 valence electrons. The lowest BCUT2D eigenvalue weighted by molar-refractivity contribution is -0.137. The van der Waals surface area contributed by atoms with Gasteiger partial charge in [0.25, 0.3) is 5.56 Å². The van der Waals surface area contributed by atoms with E-state index in [2.05, 4.69) is 10.4 Å². The van der Waals surface area contributed by atoms with Crippen molar-refractivity contribution in [1.29, 1.82) is 0 Å². The fourth-order valence-electron chi connectivity index (χ4n) is 2.70. The Morgan fingerprint density at radius 3 is 2.45 bits per heavy atom. The largest absolute Gasteiger partial charge is 0.416 e. The highest BCUT2D eigenvalue weighted by Crippen LogP contribution is 2.30. The number of carbonyl (C=O) groups is 1. The topological polar surface area (TPSA) is 98.1 Å². The lowest BCUT2D eigenvalue weighted by atomic mass is 10.2. The molecule has 2 aromatic carbocycles. The lowest BCUT2D eigenvalue weighted by Gasteiger charge is -2.11. The Morgan fingerprint density at radius 2 is 1.77 bits per heavy atom. The van der Waals surface area contributed by atoms with Crippen molar-refractivity contribution >= 4 is 21.4 Å². The predicted molar refractivity (Wildman–Crippen MR) is 105 cm³/mol. The van der Waals surface area contributed by atoms with Gasteiger partial charge >= 0.3 is 6.18 Å². The van der Waals surface area contributed by atoms with Gasteiger partial charge in [-0.1, -0.05) is 18.2 Å². The highest BCUT2D eigenvalue weighted by molar-refractivity contribution is 7.91. The van der Waals surface area contributed by atoms with E-state index in [4.69, 9.17) is 0 Å². The van der Waals surface area contributed by atoms with E-state index < -0.39 is 44.6 Å². The fraction of sp³-hybridized carbons (Fsp3) is 0.150. The molecule has 0 saturated heterocycles. The number of alkyl halides is 3. The summed E-state index contributed by atoms with van der Waals surface area (Å²) in [5, 5.41) is 5.56. The van der Waals surface area contributed by atoms with Gasteiger partial charge in [-0.2, -0.15) is 18.3 Å². The summed E-state index contributed by atoms with van der Waals surface area (Å²) >= 11 is 0. The van der Waals surface area contributed by atoms with Crippen LogP contribution in [-0.4, -0.2) is 24.1 Å². The Kier molecular flexibility index (Phi) is 5.98. The third-order valence-corrected chi connectivity index (χ3v) is 5.83. The molecule has 11 heteroatoms. The molecule has 1 N–H and O–H groups in total. The zero-order chi connectivity index (χ0) is 22.8. The molecule has 0 aliphatic carbocycles. The van der Waals surface area contributed by atoms with Gasteiger partial charge in [-0.25, -0.2) is 13.1 Å². The number of nitrogens with zero attached hydrogens (tertiary/aromatic N) is 2. The molecule has 0 unspecified atom stereocenters. The minimum Gasteiger partial charge on any atom is -0.324 e. The second-order valence-corrected chi connectivity index (χ2v) is 8.51. The average Bonchev–Trinajstić information content (AvgIpc) is 2.69. The zero-order valence-corrected chi connectivity index (χ0v) is 16.9. The maximum atomic E-state index is 12.8. The van der Waals surface area contributed by atoms with Crippen LogP contribution in [0.15, 0.2) is 75.4 Å². The molecule has 0 atom stereocenters. The van der Waals surface area contributed by atoms with E-state index in [0.29, 0.717) is 10.2 Å². The maximum absolute atomic E-state index is 12.8. The summed E-state index contributed by atoms with van der Waals surface area (Å²) in [6.45, 7) is 1.03. The summed E-state index contributed by atoms with van der Waals surface area (Å²) in [7, 11) is -4.04. The van der Waals surface area contributed by atoms with E-state index in [9.17, 15) is 31.2 Å². The number of hydrogen-bond acceptors (Lipinski definition) is 5. The third-order valence-electron chi connectivity index (χ3n) is 4.18. The van der Waals surface area contributed by atoms with Gasteiger partial charge in [-0.15, -0.1) is 0 Å². The van der Waals surface area contributed by atoms with Crippen molar-refractivity contribution in [3.63, 3.8) is 0 Å². The summed E-state index contributed by atoms with van der Waals surface area (Å²) < 4.78 is 64.6. The zero-order valence-electron chi connectivity index (χ0n) is 16.1. The second kappa shape index (κ2) is 8.34. The first-order valence-electron chi connectivity index (χ1n) is 8.84. The van der Waals surface area contributed by atoms with Crippen molar-refractivity contribution in [2.75, 3.05) is 5.32 Å². The van der Waals surface area contributed by atoms with Crippen LogP contribution in [-0.2, 0) is 27.4 Å². The number of halogens is 3. The summed E-state index contributed by atoms with van der Waals surface area (Å²) in [4.78, 5) is 24.2. The van der Waals surface area contributed by atoms with Crippen LogP contribution in [0.5, 0.6) is 0 Å². The van der Waals surface area contributed by atoms with Crippen molar-refractivity contribution in [3.05, 3.63) is 82.1 Å². The van der Waals surface area contributed by atoms with Gasteiger partial charge < -0.3 is 5.32 Å². The Balaban J connectivity index is 1.84. The number of aromatic nitrogens is 2. The Morgan fingerprint density at radius 1 is 1.06 bits per heavy atom. The van der Waals surface area contributed by atoms with Crippen LogP contribution in [0.2, 0.25) is 0 Å². The van der Waals surface area contributed by atoms with Crippen LogP contribution in [0.3, 0.4) is 0 Å². The standard InChI is InChI=1S/C20H16F3N3O4S/c1-13-4-2-7-16(10-13)31(29,30)18-8-9-19(28)26(25-18)12-17(27)24-15-6-3-5-14(11-15)20(21,22)23/h2-11H,12H2,1H3,(H,24,27). The number of amides is 1. The molecule has 1 heterocycles. The molecule has 31 heavy (non-hydrogen) atoms. The summed E-state index contributed by atoms with van der Waals surface area (Å²) in [5.74, 6) is -0.848. The predicted octanol–water partition coefficient (Wildman–Crippen LogP) is 3.04. The van der Waals surface area contributed by atoms with E-state index >= 15 is 0 Å². The fourth-order valence-corrected chi connectivity index (χ4v) is 3.99. The van der Waals surface area contributed by atoms with Crippen LogP contribution >= 0.6 is 0 Å². The van der Waals surface area contributed by atoms with Crippen LogP contribution < -0.4 is 10.9 Å². The number of aryl methyl sites for hydroxylation is 1. The quantitative estimate of drug-likeness (QED) is 0.643. The first-order chi connectivity index (χ1) is 14.5. The number of rotatable bonds is 5. The molecule has 0 bridgehead atoms.